The summed E-state index contributed by atoms with van der Waals surface area (Å²) in [6.45, 7) is 1.50. The van der Waals surface area contributed by atoms with Crippen LogP contribution < -0.4 is 0 Å². The van der Waals surface area contributed by atoms with E-state index in [9.17, 15) is 14.7 Å². The smallest absolute Gasteiger partial charge is 0.337 e. The van der Waals surface area contributed by atoms with E-state index in [0.29, 0.717) is 0 Å². The molecule has 4 nitrogen and oxygen atoms in total. The van der Waals surface area contributed by atoms with Crippen LogP contribution in [0.1, 0.15) is 28.9 Å². The van der Waals surface area contributed by atoms with Gasteiger partial charge in [0.2, 0.25) is 0 Å². The van der Waals surface area contributed by atoms with Crippen molar-refractivity contribution in [2.24, 2.45) is 0 Å². The largest absolute Gasteiger partial charge is 0.479 e. The van der Waals surface area contributed by atoms with Gasteiger partial charge in [-0.05, 0) is 47.7 Å². The SMILES string of the molecule is CC(Cl)C(=O)c1ccc(I)cc1C(O)C(=O)O. The third-order valence-electron chi connectivity index (χ3n) is 2.17. The predicted molar refractivity (Wildman–Crippen MR) is 71.4 cm³/mol. The van der Waals surface area contributed by atoms with E-state index in [1.165, 1.54) is 19.1 Å². The maximum absolute atomic E-state index is 11.8. The Morgan fingerprint density at radius 1 is 1.41 bits per heavy atom. The van der Waals surface area contributed by atoms with Crippen LogP contribution in [0.4, 0.5) is 0 Å². The summed E-state index contributed by atoms with van der Waals surface area (Å²) in [5.41, 5.74) is 0.213. The fraction of sp³-hybridized carbons (Fsp3) is 0.273. The van der Waals surface area contributed by atoms with Gasteiger partial charge in [0.1, 0.15) is 0 Å². The van der Waals surface area contributed by atoms with Gasteiger partial charge >= 0.3 is 5.97 Å². The zero-order valence-corrected chi connectivity index (χ0v) is 11.8. The van der Waals surface area contributed by atoms with Gasteiger partial charge in [-0.2, -0.15) is 0 Å². The quantitative estimate of drug-likeness (QED) is 0.485. The number of carboxylic acids is 1. The van der Waals surface area contributed by atoms with Crippen LogP contribution in [0.2, 0.25) is 0 Å². The van der Waals surface area contributed by atoms with E-state index in [1.807, 2.05) is 22.6 Å². The molecule has 0 saturated heterocycles. The van der Waals surface area contributed by atoms with E-state index in [2.05, 4.69) is 0 Å². The van der Waals surface area contributed by atoms with Gasteiger partial charge in [-0.15, -0.1) is 11.6 Å². The fourth-order valence-corrected chi connectivity index (χ4v) is 1.96. The topological polar surface area (TPSA) is 74.6 Å². The first kappa shape index (κ1) is 14.4. The Morgan fingerprint density at radius 2 is 2.00 bits per heavy atom. The number of benzene rings is 1. The van der Waals surface area contributed by atoms with E-state index < -0.39 is 23.2 Å². The van der Waals surface area contributed by atoms with Gasteiger partial charge in [0.15, 0.2) is 11.9 Å². The van der Waals surface area contributed by atoms with Crippen molar-refractivity contribution in [2.75, 3.05) is 0 Å². The molecule has 17 heavy (non-hydrogen) atoms. The molecule has 0 amide bonds. The maximum Gasteiger partial charge on any atom is 0.337 e. The Morgan fingerprint density at radius 3 is 2.47 bits per heavy atom. The van der Waals surface area contributed by atoms with Crippen LogP contribution in [0.15, 0.2) is 18.2 Å². The van der Waals surface area contributed by atoms with Gasteiger partial charge in [0.25, 0.3) is 0 Å². The number of hydrogen-bond donors (Lipinski definition) is 2. The summed E-state index contributed by atoms with van der Waals surface area (Å²) in [7, 11) is 0. The molecule has 0 aromatic heterocycles. The minimum Gasteiger partial charge on any atom is -0.479 e. The Bertz CT molecular complexity index is 459. The highest BCUT2D eigenvalue weighted by molar-refractivity contribution is 14.1. The molecular formula is C11H10ClIO4. The molecule has 0 spiro atoms. The molecule has 1 aromatic carbocycles. The van der Waals surface area contributed by atoms with E-state index >= 15 is 0 Å². The van der Waals surface area contributed by atoms with Crippen LogP contribution in [-0.2, 0) is 4.79 Å². The summed E-state index contributed by atoms with van der Waals surface area (Å²) in [4.78, 5) is 22.5. The Labute approximate surface area is 117 Å². The number of aliphatic carboxylic acids is 1. The molecule has 0 heterocycles. The average Bonchev–Trinajstić information content (AvgIpc) is 2.26. The summed E-state index contributed by atoms with van der Waals surface area (Å²) in [6, 6.07) is 4.60. The number of carbonyl (C=O) groups excluding carboxylic acids is 1. The second-order valence-electron chi connectivity index (χ2n) is 3.45. The van der Waals surface area contributed by atoms with E-state index in [1.54, 1.807) is 6.07 Å². The number of alkyl halides is 1. The van der Waals surface area contributed by atoms with Gasteiger partial charge in [-0.3, -0.25) is 4.79 Å². The predicted octanol–water partition coefficient (Wildman–Crippen LogP) is 2.22. The number of carbonyl (C=O) groups is 2. The highest BCUT2D eigenvalue weighted by Gasteiger charge is 2.24. The third-order valence-corrected chi connectivity index (χ3v) is 3.04. The number of Topliss-reactive ketones (excluding diaryl/α,β-unsaturated/α-hetero) is 1. The van der Waals surface area contributed by atoms with Gasteiger partial charge in [0.05, 0.1) is 5.38 Å². The number of aliphatic hydroxyl groups is 1. The molecule has 0 saturated carbocycles. The summed E-state index contributed by atoms with van der Waals surface area (Å²) in [6.07, 6.45) is -1.72. The Kier molecular flexibility index (Phi) is 4.91. The van der Waals surface area contributed by atoms with Crippen molar-refractivity contribution in [3.8, 4) is 0 Å². The molecule has 0 radical (unpaired) electrons. The normalized spacial score (nSPS) is 14.1. The van der Waals surface area contributed by atoms with Gasteiger partial charge in [-0.1, -0.05) is 0 Å². The van der Waals surface area contributed by atoms with Crippen molar-refractivity contribution in [1.82, 2.24) is 0 Å². The number of hydrogen-bond acceptors (Lipinski definition) is 3. The minimum atomic E-state index is -1.72. The second-order valence-corrected chi connectivity index (χ2v) is 5.35. The van der Waals surface area contributed by atoms with Crippen LogP contribution in [0.25, 0.3) is 0 Å². The molecular weight excluding hydrogens is 358 g/mol. The first-order valence-electron chi connectivity index (χ1n) is 4.73. The molecule has 0 aliphatic rings. The lowest BCUT2D eigenvalue weighted by Gasteiger charge is -2.13. The van der Waals surface area contributed by atoms with Crippen molar-refractivity contribution in [3.05, 3.63) is 32.9 Å². The number of carboxylic acid groups (broad SMARTS) is 1. The van der Waals surface area contributed by atoms with Gasteiger partial charge in [-0.25, -0.2) is 4.79 Å². The zero-order chi connectivity index (χ0) is 13.2. The highest BCUT2D eigenvalue weighted by Crippen LogP contribution is 2.23. The maximum atomic E-state index is 11.8. The number of rotatable bonds is 4. The van der Waals surface area contributed by atoms with Gasteiger partial charge in [0, 0.05) is 14.7 Å². The molecule has 2 N–H and O–H groups in total. The van der Waals surface area contributed by atoms with Crippen LogP contribution in [-0.4, -0.2) is 27.3 Å². The fourth-order valence-electron chi connectivity index (χ4n) is 1.33. The van der Waals surface area contributed by atoms with Crippen LogP contribution in [0, 0.1) is 3.57 Å². The summed E-state index contributed by atoms with van der Waals surface area (Å²) < 4.78 is 0.733. The molecule has 0 bridgehead atoms. The van der Waals surface area contributed by atoms with E-state index in [4.69, 9.17) is 16.7 Å². The number of ketones is 1. The summed E-state index contributed by atoms with van der Waals surface area (Å²) in [5, 5.41) is 17.5. The van der Waals surface area contributed by atoms with E-state index in [-0.39, 0.29) is 11.1 Å². The highest BCUT2D eigenvalue weighted by atomic mass is 127. The molecule has 1 rings (SSSR count). The van der Waals surface area contributed by atoms with Crippen LogP contribution >= 0.6 is 34.2 Å². The molecule has 2 unspecified atom stereocenters. The van der Waals surface area contributed by atoms with Crippen molar-refractivity contribution < 1.29 is 19.8 Å². The Balaban J connectivity index is 3.31. The minimum absolute atomic E-state index is 0.0712. The molecule has 2 atom stereocenters. The van der Waals surface area contributed by atoms with Crippen molar-refractivity contribution in [3.63, 3.8) is 0 Å². The second kappa shape index (κ2) is 5.79. The molecule has 0 aliphatic heterocycles. The van der Waals surface area contributed by atoms with Crippen molar-refractivity contribution in [2.45, 2.75) is 18.4 Å². The monoisotopic (exact) mass is 368 g/mol. The van der Waals surface area contributed by atoms with Crippen LogP contribution in [0.5, 0.6) is 0 Å². The summed E-state index contributed by atoms with van der Waals surface area (Å²) in [5.74, 6) is -1.80. The first-order chi connectivity index (χ1) is 7.84. The zero-order valence-electron chi connectivity index (χ0n) is 8.85. The lowest BCUT2D eigenvalue weighted by molar-refractivity contribution is -0.146. The lowest BCUT2D eigenvalue weighted by Crippen LogP contribution is -2.18. The molecule has 1 aromatic rings. The van der Waals surface area contributed by atoms with Crippen LogP contribution in [0.3, 0.4) is 0 Å². The standard InChI is InChI=1S/C11H10ClIO4/c1-5(12)9(14)7-3-2-6(13)4-8(7)10(15)11(16)17/h2-5,10,15H,1H3,(H,16,17). The Hall–Kier alpha value is -0.660. The number of aliphatic hydroxyl groups excluding tert-OH is 1. The molecule has 6 heteroatoms. The number of halogens is 2. The average molecular weight is 369 g/mol. The lowest BCUT2D eigenvalue weighted by atomic mass is 9.98. The van der Waals surface area contributed by atoms with Crippen molar-refractivity contribution >= 4 is 45.9 Å². The van der Waals surface area contributed by atoms with E-state index in [0.717, 1.165) is 3.57 Å². The van der Waals surface area contributed by atoms with Gasteiger partial charge < -0.3 is 10.2 Å². The van der Waals surface area contributed by atoms with Crippen molar-refractivity contribution in [1.29, 1.82) is 0 Å². The first-order valence-corrected chi connectivity index (χ1v) is 6.24. The molecule has 0 aliphatic carbocycles. The summed E-state index contributed by atoms with van der Waals surface area (Å²) >= 11 is 7.65. The molecule has 92 valence electrons. The molecule has 0 fully saturated rings. The third kappa shape index (κ3) is 3.40.